The summed E-state index contributed by atoms with van der Waals surface area (Å²) in [6.07, 6.45) is 3.59. The van der Waals surface area contributed by atoms with Gasteiger partial charge in [0.05, 0.1) is 17.0 Å². The van der Waals surface area contributed by atoms with Gasteiger partial charge >= 0.3 is 0 Å². The fourth-order valence-corrected chi connectivity index (χ4v) is 4.15. The lowest BCUT2D eigenvalue weighted by molar-refractivity contribution is -0.125. The quantitative estimate of drug-likeness (QED) is 0.642. The van der Waals surface area contributed by atoms with Crippen LogP contribution in [0.3, 0.4) is 0 Å². The van der Waals surface area contributed by atoms with E-state index in [1.807, 2.05) is 47.4 Å². The van der Waals surface area contributed by atoms with Gasteiger partial charge in [0.25, 0.3) is 5.56 Å². The molecule has 1 amide bonds. The lowest BCUT2D eigenvalue weighted by Crippen LogP contribution is -2.45. The third kappa shape index (κ3) is 4.37. The van der Waals surface area contributed by atoms with Crippen LogP contribution in [0.25, 0.3) is 11.0 Å². The van der Waals surface area contributed by atoms with Crippen molar-refractivity contribution in [2.75, 3.05) is 24.5 Å². The summed E-state index contributed by atoms with van der Waals surface area (Å²) in [6, 6.07) is 17.9. The Labute approximate surface area is 176 Å². The van der Waals surface area contributed by atoms with Gasteiger partial charge in [0, 0.05) is 26.7 Å². The van der Waals surface area contributed by atoms with Crippen LogP contribution in [-0.2, 0) is 18.3 Å². The molecule has 30 heavy (non-hydrogen) atoms. The van der Waals surface area contributed by atoms with E-state index < -0.39 is 0 Å². The smallest absolute Gasteiger partial charge is 0.293 e. The summed E-state index contributed by atoms with van der Waals surface area (Å²) in [5, 5.41) is 3.08. The van der Waals surface area contributed by atoms with Crippen molar-refractivity contribution < 1.29 is 4.79 Å². The predicted molar refractivity (Wildman–Crippen MR) is 120 cm³/mol. The zero-order valence-electron chi connectivity index (χ0n) is 17.4. The molecule has 0 saturated carbocycles. The van der Waals surface area contributed by atoms with E-state index in [9.17, 15) is 9.59 Å². The molecular formula is C24H28N4O2. The summed E-state index contributed by atoms with van der Waals surface area (Å²) >= 11 is 0. The first-order valence-electron chi connectivity index (χ1n) is 10.7. The lowest BCUT2D eigenvalue weighted by atomic mass is 9.97. The van der Waals surface area contributed by atoms with Gasteiger partial charge in [-0.05, 0) is 43.4 Å². The number of piperidine rings is 1. The molecule has 2 heterocycles. The zero-order chi connectivity index (χ0) is 20.9. The maximum atomic E-state index is 12.9. The number of carbonyl (C=O) groups is 1. The minimum atomic E-state index is -0.117. The lowest BCUT2D eigenvalue weighted by Gasteiger charge is -2.32. The molecule has 1 atom stereocenters. The van der Waals surface area contributed by atoms with Crippen molar-refractivity contribution in [2.24, 2.45) is 13.0 Å². The Bertz CT molecular complexity index is 1080. The van der Waals surface area contributed by atoms with Crippen LogP contribution in [0.2, 0.25) is 0 Å². The van der Waals surface area contributed by atoms with Gasteiger partial charge in [-0.15, -0.1) is 0 Å². The molecule has 1 aromatic heterocycles. The summed E-state index contributed by atoms with van der Waals surface area (Å²) in [6.45, 7) is 1.95. The van der Waals surface area contributed by atoms with Crippen molar-refractivity contribution in [1.29, 1.82) is 0 Å². The average molecular weight is 405 g/mol. The highest BCUT2D eigenvalue weighted by atomic mass is 16.2. The van der Waals surface area contributed by atoms with Gasteiger partial charge in [-0.3, -0.25) is 9.59 Å². The summed E-state index contributed by atoms with van der Waals surface area (Å²) in [5.74, 6) is 0.400. The number of hydrogen-bond donors (Lipinski definition) is 1. The highest BCUT2D eigenvalue weighted by Gasteiger charge is 2.28. The van der Waals surface area contributed by atoms with Gasteiger partial charge in [-0.25, -0.2) is 4.98 Å². The summed E-state index contributed by atoms with van der Waals surface area (Å²) in [4.78, 5) is 32.2. The Balaban J connectivity index is 1.38. The number of aromatic nitrogens is 2. The van der Waals surface area contributed by atoms with Gasteiger partial charge in [-0.2, -0.15) is 0 Å². The molecule has 4 rings (SSSR count). The fourth-order valence-electron chi connectivity index (χ4n) is 4.15. The maximum Gasteiger partial charge on any atom is 0.293 e. The van der Waals surface area contributed by atoms with Crippen LogP contribution < -0.4 is 15.8 Å². The molecule has 1 aliphatic heterocycles. The van der Waals surface area contributed by atoms with Crippen LogP contribution in [0.1, 0.15) is 24.8 Å². The molecule has 6 nitrogen and oxygen atoms in total. The Morgan fingerprint density at radius 1 is 1.13 bits per heavy atom. The Morgan fingerprint density at radius 2 is 1.90 bits per heavy atom. The van der Waals surface area contributed by atoms with Gasteiger partial charge < -0.3 is 14.8 Å². The molecule has 0 spiro atoms. The fraction of sp³-hybridized carbons (Fsp3) is 0.375. The molecule has 156 valence electrons. The minimum Gasteiger partial charge on any atom is -0.356 e. The highest BCUT2D eigenvalue weighted by Crippen LogP contribution is 2.21. The Kier molecular flexibility index (Phi) is 6.12. The normalized spacial score (nSPS) is 16.6. The van der Waals surface area contributed by atoms with Crippen molar-refractivity contribution in [3.63, 3.8) is 0 Å². The second kappa shape index (κ2) is 9.11. The van der Waals surface area contributed by atoms with Crippen molar-refractivity contribution in [2.45, 2.75) is 25.7 Å². The van der Waals surface area contributed by atoms with Crippen LogP contribution in [0.4, 0.5) is 5.82 Å². The topological polar surface area (TPSA) is 67.2 Å². The minimum absolute atomic E-state index is 0.0744. The molecule has 1 saturated heterocycles. The largest absolute Gasteiger partial charge is 0.356 e. The average Bonchev–Trinajstić information content (AvgIpc) is 2.80. The van der Waals surface area contributed by atoms with Crippen molar-refractivity contribution >= 4 is 22.8 Å². The number of anilines is 1. The van der Waals surface area contributed by atoms with Gasteiger partial charge in [0.2, 0.25) is 5.91 Å². The number of aryl methyl sites for hydroxylation is 2. The van der Waals surface area contributed by atoms with E-state index in [4.69, 9.17) is 0 Å². The molecule has 1 N–H and O–H groups in total. The molecule has 0 aliphatic carbocycles. The predicted octanol–water partition coefficient (Wildman–Crippen LogP) is 2.90. The van der Waals surface area contributed by atoms with E-state index >= 15 is 0 Å². The van der Waals surface area contributed by atoms with Crippen LogP contribution in [-0.4, -0.2) is 35.1 Å². The molecular weight excluding hydrogens is 376 g/mol. The van der Waals surface area contributed by atoms with Crippen molar-refractivity contribution in [1.82, 2.24) is 14.9 Å². The monoisotopic (exact) mass is 404 g/mol. The number of fused-ring (bicyclic) bond motifs is 1. The van der Waals surface area contributed by atoms with Gasteiger partial charge in [-0.1, -0.05) is 42.5 Å². The summed E-state index contributed by atoms with van der Waals surface area (Å²) < 4.78 is 1.64. The van der Waals surface area contributed by atoms with E-state index in [1.54, 1.807) is 11.6 Å². The number of hydrogen-bond acceptors (Lipinski definition) is 4. The summed E-state index contributed by atoms with van der Waals surface area (Å²) in [7, 11) is 1.77. The SMILES string of the molecule is Cn1c(=O)c(N2CCCC(C(=O)NCCCc3ccccc3)C2)nc2ccccc21. The first-order chi connectivity index (χ1) is 14.6. The zero-order valence-corrected chi connectivity index (χ0v) is 17.4. The first kappa shape index (κ1) is 20.1. The molecule has 1 unspecified atom stereocenters. The van der Waals surface area contributed by atoms with Crippen molar-refractivity contribution in [3.05, 3.63) is 70.5 Å². The van der Waals surface area contributed by atoms with Crippen molar-refractivity contribution in [3.8, 4) is 0 Å². The van der Waals surface area contributed by atoms with Crippen LogP contribution in [0.5, 0.6) is 0 Å². The molecule has 0 bridgehead atoms. The number of nitrogens with zero attached hydrogens (tertiary/aromatic N) is 3. The van der Waals surface area contributed by atoms with E-state index in [1.165, 1.54) is 5.56 Å². The Hall–Kier alpha value is -3.15. The molecule has 3 aromatic rings. The molecule has 6 heteroatoms. The third-order valence-electron chi connectivity index (χ3n) is 5.84. The number of nitrogens with one attached hydrogen (secondary N) is 1. The van der Waals surface area contributed by atoms with E-state index in [2.05, 4.69) is 22.4 Å². The molecule has 1 fully saturated rings. The maximum absolute atomic E-state index is 12.9. The second-order valence-electron chi connectivity index (χ2n) is 7.95. The van der Waals surface area contributed by atoms with E-state index in [-0.39, 0.29) is 17.4 Å². The van der Waals surface area contributed by atoms with E-state index in [0.29, 0.717) is 18.9 Å². The third-order valence-corrected chi connectivity index (χ3v) is 5.84. The molecule has 0 radical (unpaired) electrons. The number of benzene rings is 2. The molecule has 2 aromatic carbocycles. The molecule has 1 aliphatic rings. The summed E-state index contributed by atoms with van der Waals surface area (Å²) in [5.41, 5.74) is 2.78. The second-order valence-corrected chi connectivity index (χ2v) is 7.95. The first-order valence-corrected chi connectivity index (χ1v) is 10.7. The number of carbonyl (C=O) groups excluding carboxylic acids is 1. The van der Waals surface area contributed by atoms with Crippen LogP contribution >= 0.6 is 0 Å². The standard InChI is InChI=1S/C24H28N4O2/c1-27-21-14-6-5-13-20(21)26-22(24(27)30)28-16-8-12-19(17-28)23(29)25-15-7-11-18-9-3-2-4-10-18/h2-6,9-10,13-14,19H,7-8,11-12,15-17H2,1H3,(H,25,29). The number of rotatable bonds is 6. The van der Waals surface area contributed by atoms with Crippen LogP contribution in [0, 0.1) is 5.92 Å². The van der Waals surface area contributed by atoms with Gasteiger partial charge in [0.1, 0.15) is 0 Å². The highest BCUT2D eigenvalue weighted by molar-refractivity contribution is 5.80. The van der Waals surface area contributed by atoms with E-state index in [0.717, 1.165) is 43.3 Å². The van der Waals surface area contributed by atoms with Crippen LogP contribution in [0.15, 0.2) is 59.4 Å². The Morgan fingerprint density at radius 3 is 2.73 bits per heavy atom. The number of para-hydroxylation sites is 2. The van der Waals surface area contributed by atoms with Gasteiger partial charge in [0.15, 0.2) is 5.82 Å². The number of amides is 1.